The van der Waals surface area contributed by atoms with Crippen molar-refractivity contribution in [2.24, 2.45) is 0 Å². The molecule has 4 rings (SSSR count). The van der Waals surface area contributed by atoms with E-state index in [-0.39, 0.29) is 11.5 Å². The van der Waals surface area contributed by atoms with E-state index in [1.807, 2.05) is 31.2 Å². The molecule has 2 N–H and O–H groups in total. The van der Waals surface area contributed by atoms with Gasteiger partial charge in [-0.1, -0.05) is 23.7 Å². The number of phenols is 2. The van der Waals surface area contributed by atoms with Gasteiger partial charge in [0, 0.05) is 22.3 Å². The van der Waals surface area contributed by atoms with Crippen molar-refractivity contribution in [2.45, 2.75) is 6.92 Å². The second-order valence-electron chi connectivity index (χ2n) is 5.73. The Morgan fingerprint density at radius 3 is 2.52 bits per heavy atom. The summed E-state index contributed by atoms with van der Waals surface area (Å²) in [5, 5.41) is 25.2. The number of hydrogen-bond acceptors (Lipinski definition) is 4. The number of aryl methyl sites for hydroxylation is 1. The normalized spacial score (nSPS) is 11.1. The molecule has 0 unspecified atom stereocenters. The van der Waals surface area contributed by atoms with E-state index >= 15 is 0 Å². The minimum Gasteiger partial charge on any atom is -0.508 e. The summed E-state index contributed by atoms with van der Waals surface area (Å²) in [6.45, 7) is 1.91. The molecule has 2 aromatic carbocycles. The Bertz CT molecular complexity index is 1090. The summed E-state index contributed by atoms with van der Waals surface area (Å²) in [4.78, 5) is 4.46. The Morgan fingerprint density at radius 2 is 1.76 bits per heavy atom. The number of rotatable bonds is 2. The Labute approximate surface area is 148 Å². The minimum absolute atomic E-state index is 0.0616. The Kier molecular flexibility index (Phi) is 3.58. The molecule has 4 aromatic rings. The molecule has 0 radical (unpaired) electrons. The molecule has 0 spiro atoms. The van der Waals surface area contributed by atoms with E-state index in [0.717, 1.165) is 16.8 Å². The summed E-state index contributed by atoms with van der Waals surface area (Å²) in [6, 6.07) is 13.6. The minimum atomic E-state index is 0.0616. The zero-order chi connectivity index (χ0) is 17.6. The highest BCUT2D eigenvalue weighted by molar-refractivity contribution is 6.30. The summed E-state index contributed by atoms with van der Waals surface area (Å²) in [5.41, 5.74) is 4.46. The van der Waals surface area contributed by atoms with Crippen molar-refractivity contribution in [2.75, 3.05) is 0 Å². The van der Waals surface area contributed by atoms with Crippen LogP contribution in [0.15, 0.2) is 54.7 Å². The predicted octanol–water partition coefficient (Wildman–Crippen LogP) is 4.44. The second-order valence-corrected chi connectivity index (χ2v) is 6.17. The van der Waals surface area contributed by atoms with Crippen molar-refractivity contribution in [3.05, 3.63) is 65.4 Å². The quantitative estimate of drug-likeness (QED) is 0.524. The van der Waals surface area contributed by atoms with Crippen LogP contribution in [0.2, 0.25) is 5.02 Å². The molecular weight excluding hydrogens is 338 g/mol. The average Bonchev–Trinajstić information content (AvgIpc) is 2.94. The molecule has 124 valence electrons. The highest BCUT2D eigenvalue weighted by Crippen LogP contribution is 2.35. The molecule has 0 atom stereocenters. The van der Waals surface area contributed by atoms with E-state index in [9.17, 15) is 10.2 Å². The van der Waals surface area contributed by atoms with E-state index in [1.54, 1.807) is 16.8 Å². The molecule has 0 saturated heterocycles. The van der Waals surface area contributed by atoms with Crippen LogP contribution in [0.3, 0.4) is 0 Å². The second kappa shape index (κ2) is 5.79. The average molecular weight is 352 g/mol. The highest BCUT2D eigenvalue weighted by atomic mass is 35.5. The van der Waals surface area contributed by atoms with Gasteiger partial charge >= 0.3 is 0 Å². The third kappa shape index (κ3) is 2.58. The lowest BCUT2D eigenvalue weighted by Gasteiger charge is -2.08. The number of aromatic nitrogens is 3. The number of hydrogen-bond donors (Lipinski definition) is 2. The van der Waals surface area contributed by atoms with Crippen LogP contribution < -0.4 is 0 Å². The van der Waals surface area contributed by atoms with Gasteiger partial charge in [-0.25, -0.2) is 9.50 Å². The fourth-order valence-electron chi connectivity index (χ4n) is 2.94. The number of nitrogens with zero attached hydrogens (tertiary/aromatic N) is 3. The van der Waals surface area contributed by atoms with Crippen molar-refractivity contribution in [3.63, 3.8) is 0 Å². The fourth-order valence-corrected chi connectivity index (χ4v) is 3.06. The predicted molar refractivity (Wildman–Crippen MR) is 96.9 cm³/mol. The maximum absolute atomic E-state index is 10.2. The van der Waals surface area contributed by atoms with E-state index in [0.29, 0.717) is 21.9 Å². The molecule has 0 saturated carbocycles. The van der Waals surface area contributed by atoms with Crippen LogP contribution in [0.1, 0.15) is 5.69 Å². The van der Waals surface area contributed by atoms with Crippen LogP contribution in [-0.2, 0) is 0 Å². The summed E-state index contributed by atoms with van der Waals surface area (Å²) in [6.07, 6.45) is 1.66. The number of phenolic OH excluding ortho intramolecular Hbond substituents is 2. The molecule has 0 aliphatic carbocycles. The molecule has 0 amide bonds. The molecule has 5 nitrogen and oxygen atoms in total. The van der Waals surface area contributed by atoms with Crippen LogP contribution in [0, 0.1) is 6.92 Å². The third-order valence-corrected chi connectivity index (χ3v) is 4.33. The lowest BCUT2D eigenvalue weighted by Crippen LogP contribution is -1.96. The number of fused-ring (bicyclic) bond motifs is 1. The van der Waals surface area contributed by atoms with Crippen LogP contribution in [-0.4, -0.2) is 24.8 Å². The molecule has 25 heavy (non-hydrogen) atoms. The van der Waals surface area contributed by atoms with Gasteiger partial charge in [0.15, 0.2) is 5.65 Å². The third-order valence-electron chi connectivity index (χ3n) is 4.08. The fraction of sp³-hybridized carbons (Fsp3) is 0.0526. The summed E-state index contributed by atoms with van der Waals surface area (Å²) in [5.74, 6) is 0.131. The molecule has 0 aliphatic rings. The van der Waals surface area contributed by atoms with Crippen molar-refractivity contribution in [3.8, 4) is 33.9 Å². The van der Waals surface area contributed by atoms with Gasteiger partial charge in [0.25, 0.3) is 0 Å². The Hall–Kier alpha value is -3.05. The van der Waals surface area contributed by atoms with Crippen molar-refractivity contribution < 1.29 is 10.2 Å². The molecule has 6 heteroatoms. The van der Waals surface area contributed by atoms with E-state index < -0.39 is 0 Å². The van der Waals surface area contributed by atoms with E-state index in [2.05, 4.69) is 10.1 Å². The van der Waals surface area contributed by atoms with E-state index in [1.165, 1.54) is 18.2 Å². The summed E-state index contributed by atoms with van der Waals surface area (Å²) < 4.78 is 1.67. The molecule has 0 bridgehead atoms. The van der Waals surface area contributed by atoms with Crippen LogP contribution in [0.5, 0.6) is 11.5 Å². The van der Waals surface area contributed by atoms with Gasteiger partial charge in [-0.15, -0.1) is 0 Å². The van der Waals surface area contributed by atoms with Gasteiger partial charge in [-0.2, -0.15) is 5.10 Å². The molecule has 2 aromatic heterocycles. The smallest absolute Gasteiger partial charge is 0.163 e. The van der Waals surface area contributed by atoms with E-state index in [4.69, 9.17) is 11.6 Å². The van der Waals surface area contributed by atoms with Crippen molar-refractivity contribution in [1.82, 2.24) is 14.6 Å². The summed E-state index contributed by atoms with van der Waals surface area (Å²) >= 11 is 5.98. The number of benzene rings is 2. The highest BCUT2D eigenvalue weighted by Gasteiger charge is 2.17. The first-order chi connectivity index (χ1) is 12.0. The van der Waals surface area contributed by atoms with Gasteiger partial charge in [-0.3, -0.25) is 0 Å². The van der Waals surface area contributed by atoms with Crippen LogP contribution in [0.4, 0.5) is 0 Å². The van der Waals surface area contributed by atoms with Gasteiger partial charge < -0.3 is 10.2 Å². The van der Waals surface area contributed by atoms with Crippen molar-refractivity contribution in [1.29, 1.82) is 0 Å². The SMILES string of the molecule is Cc1nn2c(-c3cc(O)ccc3O)ccnc2c1-c1ccc(Cl)cc1. The Morgan fingerprint density at radius 1 is 1.00 bits per heavy atom. The van der Waals surface area contributed by atoms with Gasteiger partial charge in [0.05, 0.1) is 11.4 Å². The first-order valence-corrected chi connectivity index (χ1v) is 8.05. The number of halogens is 1. The monoisotopic (exact) mass is 351 g/mol. The van der Waals surface area contributed by atoms with Gasteiger partial charge in [0.2, 0.25) is 0 Å². The van der Waals surface area contributed by atoms with Crippen molar-refractivity contribution >= 4 is 17.2 Å². The standard InChI is InChI=1S/C19H14ClN3O2/c1-11-18(12-2-4-13(20)5-3-12)19-21-9-8-16(23(19)22-11)15-10-14(24)6-7-17(15)25/h2-10,24-25H,1H3. The lowest BCUT2D eigenvalue weighted by molar-refractivity contribution is 0.461. The zero-order valence-corrected chi connectivity index (χ0v) is 14.1. The van der Waals surface area contributed by atoms with Gasteiger partial charge in [0.1, 0.15) is 11.5 Å². The maximum Gasteiger partial charge on any atom is 0.163 e. The largest absolute Gasteiger partial charge is 0.508 e. The topological polar surface area (TPSA) is 70.7 Å². The maximum atomic E-state index is 10.2. The molecule has 2 heterocycles. The molecule has 0 aliphatic heterocycles. The first kappa shape index (κ1) is 15.5. The number of aromatic hydroxyl groups is 2. The van der Waals surface area contributed by atoms with Gasteiger partial charge in [-0.05, 0) is 48.9 Å². The Balaban J connectivity index is 1.99. The van der Waals surface area contributed by atoms with Crippen LogP contribution >= 0.6 is 11.6 Å². The molecule has 0 fully saturated rings. The zero-order valence-electron chi connectivity index (χ0n) is 13.3. The molecular formula is C19H14ClN3O2. The first-order valence-electron chi connectivity index (χ1n) is 7.67. The lowest BCUT2D eigenvalue weighted by atomic mass is 10.1. The van der Waals surface area contributed by atoms with Crippen LogP contribution in [0.25, 0.3) is 28.0 Å². The summed E-state index contributed by atoms with van der Waals surface area (Å²) in [7, 11) is 0.